The van der Waals surface area contributed by atoms with Crippen LogP contribution in [0.4, 0.5) is 0 Å². The van der Waals surface area contributed by atoms with Gasteiger partial charge in [0.15, 0.2) is 16.3 Å². The van der Waals surface area contributed by atoms with E-state index < -0.39 is 11.5 Å². The van der Waals surface area contributed by atoms with Gasteiger partial charge in [0.1, 0.15) is 5.69 Å². The van der Waals surface area contributed by atoms with Crippen molar-refractivity contribution in [3.63, 3.8) is 0 Å². The number of carbonyl (C=O) groups excluding carboxylic acids is 2. The number of nitrogens with zero attached hydrogens (tertiary/aromatic N) is 2. The first-order chi connectivity index (χ1) is 12.9. The fourth-order valence-corrected chi connectivity index (χ4v) is 3.71. The molecule has 0 spiro atoms. The molecule has 8 heteroatoms. The van der Waals surface area contributed by atoms with E-state index in [0.29, 0.717) is 16.3 Å². The van der Waals surface area contributed by atoms with E-state index in [2.05, 4.69) is 20.9 Å². The predicted octanol–water partition coefficient (Wildman–Crippen LogP) is 4.33. The van der Waals surface area contributed by atoms with Crippen LogP contribution in [0.1, 0.15) is 23.0 Å². The summed E-state index contributed by atoms with van der Waals surface area (Å²) in [6.07, 6.45) is 1.55. The molecule has 0 unspecified atom stereocenters. The maximum atomic E-state index is 13.1. The van der Waals surface area contributed by atoms with Crippen LogP contribution < -0.4 is 0 Å². The monoisotopic (exact) mass is 448 g/mol. The van der Waals surface area contributed by atoms with Crippen molar-refractivity contribution >= 4 is 39.1 Å². The summed E-state index contributed by atoms with van der Waals surface area (Å²) < 4.78 is 11.2. The van der Waals surface area contributed by atoms with Gasteiger partial charge >= 0.3 is 5.97 Å². The fraction of sp³-hybridized carbons (Fsp3) is 0.211. The first kappa shape index (κ1) is 19.3. The standard InChI is InChI=1S/C19H17BrN2O4S/c1-19(18(24)25-3,12-6-8-13(20)9-7-12)22(2)17(23)14-11-27-16(21-14)15-5-4-10-26-15/h4-11H,1-3H3/t19-/m1/s1. The number of esters is 1. The molecule has 2 aromatic heterocycles. The van der Waals surface area contributed by atoms with Crippen LogP contribution in [0.3, 0.4) is 0 Å². The van der Waals surface area contributed by atoms with Gasteiger partial charge in [0, 0.05) is 16.9 Å². The van der Waals surface area contributed by atoms with Gasteiger partial charge in [0.05, 0.1) is 13.4 Å². The summed E-state index contributed by atoms with van der Waals surface area (Å²) >= 11 is 4.68. The van der Waals surface area contributed by atoms with Crippen LogP contribution in [-0.4, -0.2) is 35.9 Å². The van der Waals surface area contributed by atoms with Gasteiger partial charge < -0.3 is 14.1 Å². The van der Waals surface area contributed by atoms with E-state index in [1.54, 1.807) is 49.9 Å². The summed E-state index contributed by atoms with van der Waals surface area (Å²) in [7, 11) is 2.86. The minimum atomic E-state index is -1.30. The Morgan fingerprint density at radius 1 is 1.26 bits per heavy atom. The molecule has 140 valence electrons. The number of thiazole rings is 1. The van der Waals surface area contributed by atoms with Crippen molar-refractivity contribution in [2.75, 3.05) is 14.2 Å². The Hall–Kier alpha value is -2.45. The molecule has 0 saturated carbocycles. The van der Waals surface area contributed by atoms with Crippen LogP contribution >= 0.6 is 27.3 Å². The van der Waals surface area contributed by atoms with Gasteiger partial charge in [-0.15, -0.1) is 11.3 Å². The molecule has 0 fully saturated rings. The smallest absolute Gasteiger partial charge is 0.336 e. The highest BCUT2D eigenvalue weighted by atomic mass is 79.9. The summed E-state index contributed by atoms with van der Waals surface area (Å²) in [5, 5.41) is 2.25. The number of benzene rings is 1. The number of hydrogen-bond acceptors (Lipinski definition) is 6. The summed E-state index contributed by atoms with van der Waals surface area (Å²) in [4.78, 5) is 31.4. The number of amides is 1. The zero-order chi connectivity index (χ0) is 19.6. The predicted molar refractivity (Wildman–Crippen MR) is 105 cm³/mol. The Kier molecular flexibility index (Phi) is 5.48. The molecule has 0 aliphatic rings. The third-order valence-corrected chi connectivity index (χ3v) is 5.81. The van der Waals surface area contributed by atoms with E-state index in [4.69, 9.17) is 9.15 Å². The molecular weight excluding hydrogens is 432 g/mol. The molecule has 0 aliphatic carbocycles. The number of furan rings is 1. The Morgan fingerprint density at radius 3 is 2.56 bits per heavy atom. The Labute approximate surface area is 168 Å². The highest BCUT2D eigenvalue weighted by Gasteiger charge is 2.43. The van der Waals surface area contributed by atoms with E-state index in [1.807, 2.05) is 12.1 Å². The van der Waals surface area contributed by atoms with Crippen molar-refractivity contribution in [1.29, 1.82) is 0 Å². The van der Waals surface area contributed by atoms with Gasteiger partial charge in [0.25, 0.3) is 5.91 Å². The van der Waals surface area contributed by atoms with Crippen molar-refractivity contribution in [1.82, 2.24) is 9.88 Å². The van der Waals surface area contributed by atoms with Crippen molar-refractivity contribution < 1.29 is 18.7 Å². The maximum Gasteiger partial charge on any atom is 0.336 e. The van der Waals surface area contributed by atoms with Gasteiger partial charge in [-0.2, -0.15) is 0 Å². The second-order valence-corrected chi connectivity index (χ2v) is 7.72. The van der Waals surface area contributed by atoms with Crippen LogP contribution in [0.5, 0.6) is 0 Å². The highest BCUT2D eigenvalue weighted by Crippen LogP contribution is 2.32. The molecular formula is C19H17BrN2O4S. The molecule has 6 nitrogen and oxygen atoms in total. The molecule has 3 rings (SSSR count). The third kappa shape index (κ3) is 3.54. The van der Waals surface area contributed by atoms with E-state index in [-0.39, 0.29) is 11.6 Å². The molecule has 1 atom stereocenters. The van der Waals surface area contributed by atoms with E-state index in [1.165, 1.54) is 23.3 Å². The van der Waals surface area contributed by atoms with Gasteiger partial charge in [-0.05, 0) is 36.8 Å². The average Bonchev–Trinajstić information content (AvgIpc) is 3.37. The zero-order valence-corrected chi connectivity index (χ0v) is 17.3. The van der Waals surface area contributed by atoms with Crippen LogP contribution in [0.25, 0.3) is 10.8 Å². The number of hydrogen-bond donors (Lipinski definition) is 0. The quantitative estimate of drug-likeness (QED) is 0.543. The number of ether oxygens (including phenoxy) is 1. The third-order valence-electron chi connectivity index (χ3n) is 4.42. The molecule has 1 amide bonds. The Morgan fingerprint density at radius 2 is 1.96 bits per heavy atom. The van der Waals surface area contributed by atoms with Crippen LogP contribution in [-0.2, 0) is 15.1 Å². The SMILES string of the molecule is COC(=O)[C@@](C)(c1ccc(Br)cc1)N(C)C(=O)c1csc(-c2ccco2)n1. The summed E-state index contributed by atoms with van der Waals surface area (Å²) in [6.45, 7) is 1.65. The lowest BCUT2D eigenvalue weighted by Crippen LogP contribution is -2.51. The van der Waals surface area contributed by atoms with Crippen LogP contribution in [0, 0.1) is 0 Å². The van der Waals surface area contributed by atoms with Gasteiger partial charge in [-0.3, -0.25) is 4.79 Å². The molecule has 0 radical (unpaired) electrons. The second-order valence-electron chi connectivity index (χ2n) is 5.95. The number of halogens is 1. The molecule has 0 saturated heterocycles. The average molecular weight is 449 g/mol. The lowest BCUT2D eigenvalue weighted by molar-refractivity contribution is -0.152. The Bertz CT molecular complexity index is 953. The normalized spacial score (nSPS) is 13.0. The van der Waals surface area contributed by atoms with E-state index in [9.17, 15) is 9.59 Å². The maximum absolute atomic E-state index is 13.1. The molecule has 1 aromatic carbocycles. The van der Waals surface area contributed by atoms with Crippen LogP contribution in [0.15, 0.2) is 56.9 Å². The number of aromatic nitrogens is 1. The molecule has 0 aliphatic heterocycles. The highest BCUT2D eigenvalue weighted by molar-refractivity contribution is 9.10. The number of likely N-dealkylation sites (N-methyl/N-ethyl adjacent to an activating group) is 1. The lowest BCUT2D eigenvalue weighted by Gasteiger charge is -2.36. The minimum absolute atomic E-state index is 0.237. The largest absolute Gasteiger partial charge is 0.467 e. The topological polar surface area (TPSA) is 72.6 Å². The van der Waals surface area contributed by atoms with Crippen molar-refractivity contribution in [3.05, 3.63) is 63.8 Å². The van der Waals surface area contributed by atoms with Crippen LogP contribution in [0.2, 0.25) is 0 Å². The van der Waals surface area contributed by atoms with Crippen molar-refractivity contribution in [2.24, 2.45) is 0 Å². The molecule has 0 bridgehead atoms. The minimum Gasteiger partial charge on any atom is -0.467 e. The van der Waals surface area contributed by atoms with Crippen molar-refractivity contribution in [2.45, 2.75) is 12.5 Å². The summed E-state index contributed by atoms with van der Waals surface area (Å²) in [5.41, 5.74) is -0.433. The first-order valence-corrected chi connectivity index (χ1v) is 9.67. The van der Waals surface area contributed by atoms with Crippen molar-refractivity contribution in [3.8, 4) is 10.8 Å². The number of methoxy groups -OCH3 is 1. The van der Waals surface area contributed by atoms with Gasteiger partial charge in [-0.25, -0.2) is 9.78 Å². The summed E-state index contributed by atoms with van der Waals surface area (Å²) in [6, 6.07) is 10.7. The van der Waals surface area contributed by atoms with Gasteiger partial charge in [-0.1, -0.05) is 28.1 Å². The zero-order valence-electron chi connectivity index (χ0n) is 14.9. The molecule has 0 N–H and O–H groups in total. The van der Waals surface area contributed by atoms with E-state index in [0.717, 1.165) is 4.47 Å². The fourth-order valence-electron chi connectivity index (χ4n) is 2.68. The Balaban J connectivity index is 1.96. The molecule has 27 heavy (non-hydrogen) atoms. The molecule has 3 aromatic rings. The number of rotatable bonds is 5. The second kappa shape index (κ2) is 7.66. The lowest BCUT2D eigenvalue weighted by atomic mass is 9.90. The number of carbonyl (C=O) groups is 2. The van der Waals surface area contributed by atoms with Gasteiger partial charge in [0.2, 0.25) is 0 Å². The first-order valence-electron chi connectivity index (χ1n) is 8.00. The summed E-state index contributed by atoms with van der Waals surface area (Å²) in [5.74, 6) is -0.340. The van der Waals surface area contributed by atoms with E-state index >= 15 is 0 Å². The molecule has 2 heterocycles.